The van der Waals surface area contributed by atoms with Crippen LogP contribution in [0.4, 0.5) is 4.39 Å². The monoisotopic (exact) mass is 255 g/mol. The van der Waals surface area contributed by atoms with E-state index < -0.39 is 0 Å². The number of ether oxygens (including phenoxy) is 2. The quantitative estimate of drug-likeness (QED) is 0.726. The van der Waals surface area contributed by atoms with Crippen LogP contribution in [0.2, 0.25) is 0 Å². The maximum atomic E-state index is 13.1. The van der Waals surface area contributed by atoms with Gasteiger partial charge in [-0.1, -0.05) is 13.3 Å². The van der Waals surface area contributed by atoms with Crippen molar-refractivity contribution in [2.45, 2.75) is 32.7 Å². The van der Waals surface area contributed by atoms with Crippen molar-refractivity contribution in [3.05, 3.63) is 29.6 Å². The zero-order valence-corrected chi connectivity index (χ0v) is 11.1. The highest BCUT2D eigenvalue weighted by Gasteiger charge is 2.09. The van der Waals surface area contributed by atoms with Crippen molar-refractivity contribution in [3.63, 3.8) is 0 Å². The second kappa shape index (κ2) is 8.06. The van der Waals surface area contributed by atoms with Gasteiger partial charge in [0.25, 0.3) is 0 Å². The summed E-state index contributed by atoms with van der Waals surface area (Å²) in [5, 5.41) is 0. The van der Waals surface area contributed by atoms with Crippen molar-refractivity contribution in [2.24, 2.45) is 5.73 Å². The Hall–Kier alpha value is -1.13. The maximum Gasteiger partial charge on any atom is 0.124 e. The molecule has 0 aromatic heterocycles. The van der Waals surface area contributed by atoms with Crippen LogP contribution in [0.3, 0.4) is 0 Å². The Morgan fingerprint density at radius 2 is 2.06 bits per heavy atom. The highest BCUT2D eigenvalue weighted by molar-refractivity contribution is 5.36. The van der Waals surface area contributed by atoms with Gasteiger partial charge in [0.2, 0.25) is 0 Å². The highest BCUT2D eigenvalue weighted by Crippen LogP contribution is 2.24. The molecule has 0 amide bonds. The summed E-state index contributed by atoms with van der Waals surface area (Å²) in [6.45, 7) is 5.67. The van der Waals surface area contributed by atoms with Crippen molar-refractivity contribution < 1.29 is 13.9 Å². The molecule has 1 rings (SSSR count). The van der Waals surface area contributed by atoms with Gasteiger partial charge in [-0.2, -0.15) is 0 Å². The summed E-state index contributed by atoms with van der Waals surface area (Å²) < 4.78 is 24.1. The third-order valence-corrected chi connectivity index (χ3v) is 2.59. The van der Waals surface area contributed by atoms with Crippen LogP contribution >= 0.6 is 0 Å². The second-order valence-electron chi connectivity index (χ2n) is 4.29. The summed E-state index contributed by atoms with van der Waals surface area (Å²) in [5.41, 5.74) is 6.46. The number of benzene rings is 1. The topological polar surface area (TPSA) is 44.5 Å². The van der Waals surface area contributed by atoms with Crippen LogP contribution in [-0.4, -0.2) is 19.8 Å². The summed E-state index contributed by atoms with van der Waals surface area (Å²) in [6.07, 6.45) is 2.18. The van der Waals surface area contributed by atoms with E-state index in [1.165, 1.54) is 12.1 Å². The third kappa shape index (κ3) is 5.02. The predicted molar refractivity (Wildman–Crippen MR) is 70.2 cm³/mol. The van der Waals surface area contributed by atoms with E-state index in [2.05, 4.69) is 6.92 Å². The Balaban J connectivity index is 2.42. The Labute approximate surface area is 108 Å². The van der Waals surface area contributed by atoms with Crippen LogP contribution in [-0.2, 0) is 4.74 Å². The van der Waals surface area contributed by atoms with E-state index in [-0.39, 0.29) is 11.9 Å². The van der Waals surface area contributed by atoms with Crippen molar-refractivity contribution >= 4 is 0 Å². The zero-order chi connectivity index (χ0) is 13.4. The van der Waals surface area contributed by atoms with Crippen molar-refractivity contribution in [1.29, 1.82) is 0 Å². The summed E-state index contributed by atoms with van der Waals surface area (Å²) in [6, 6.07) is 4.15. The molecule has 1 aromatic carbocycles. The van der Waals surface area contributed by atoms with E-state index in [1.54, 1.807) is 13.0 Å². The molecule has 1 atom stereocenters. The Kier molecular flexibility index (Phi) is 6.68. The molecule has 102 valence electrons. The molecule has 0 heterocycles. The van der Waals surface area contributed by atoms with E-state index in [0.29, 0.717) is 24.5 Å². The number of hydrogen-bond acceptors (Lipinski definition) is 3. The number of rotatable bonds is 8. The standard InChI is InChI=1S/C14H22FNO2/c1-3-4-7-17-8-9-18-14-6-5-12(15)10-13(14)11(2)16/h5-6,10-11H,3-4,7-9,16H2,1-2H3. The minimum Gasteiger partial charge on any atom is -0.491 e. The minimum absolute atomic E-state index is 0.253. The van der Waals surface area contributed by atoms with Crippen molar-refractivity contribution in [1.82, 2.24) is 0 Å². The van der Waals surface area contributed by atoms with Crippen LogP contribution < -0.4 is 10.5 Å². The molecule has 0 saturated heterocycles. The highest BCUT2D eigenvalue weighted by atomic mass is 19.1. The molecule has 1 unspecified atom stereocenters. The van der Waals surface area contributed by atoms with E-state index >= 15 is 0 Å². The normalized spacial score (nSPS) is 12.4. The number of hydrogen-bond donors (Lipinski definition) is 1. The Bertz CT molecular complexity index is 356. The molecule has 0 bridgehead atoms. The van der Waals surface area contributed by atoms with Crippen LogP contribution in [0.1, 0.15) is 38.3 Å². The number of nitrogens with two attached hydrogens (primary N) is 1. The largest absolute Gasteiger partial charge is 0.491 e. The van der Waals surface area contributed by atoms with Gasteiger partial charge in [0, 0.05) is 18.2 Å². The molecule has 1 aromatic rings. The first-order chi connectivity index (χ1) is 8.65. The SMILES string of the molecule is CCCCOCCOc1ccc(F)cc1C(C)N. The van der Waals surface area contributed by atoms with Gasteiger partial charge in [0.05, 0.1) is 6.61 Å². The van der Waals surface area contributed by atoms with Gasteiger partial charge >= 0.3 is 0 Å². The summed E-state index contributed by atoms with van der Waals surface area (Å²) >= 11 is 0. The van der Waals surface area contributed by atoms with Gasteiger partial charge in [-0.25, -0.2) is 4.39 Å². The molecular formula is C14H22FNO2. The van der Waals surface area contributed by atoms with Crippen LogP contribution in [0.25, 0.3) is 0 Å². The lowest BCUT2D eigenvalue weighted by atomic mass is 10.1. The Morgan fingerprint density at radius 1 is 1.28 bits per heavy atom. The average molecular weight is 255 g/mol. The molecule has 0 spiro atoms. The summed E-state index contributed by atoms with van der Waals surface area (Å²) in [7, 11) is 0. The second-order valence-corrected chi connectivity index (χ2v) is 4.29. The van der Waals surface area contributed by atoms with Gasteiger partial charge in [0.15, 0.2) is 0 Å². The minimum atomic E-state index is -0.297. The first kappa shape index (κ1) is 14.9. The molecule has 0 aliphatic heterocycles. The first-order valence-corrected chi connectivity index (χ1v) is 6.40. The van der Waals surface area contributed by atoms with E-state index in [4.69, 9.17) is 15.2 Å². The summed E-state index contributed by atoms with van der Waals surface area (Å²) in [4.78, 5) is 0. The van der Waals surface area contributed by atoms with Crippen molar-refractivity contribution in [3.8, 4) is 5.75 Å². The first-order valence-electron chi connectivity index (χ1n) is 6.40. The maximum absolute atomic E-state index is 13.1. The van der Waals surface area contributed by atoms with Crippen LogP contribution in [0, 0.1) is 5.82 Å². The van der Waals surface area contributed by atoms with Gasteiger partial charge < -0.3 is 15.2 Å². The molecule has 2 N–H and O–H groups in total. The fourth-order valence-corrected chi connectivity index (χ4v) is 1.57. The molecule has 0 fully saturated rings. The molecule has 0 radical (unpaired) electrons. The predicted octanol–water partition coefficient (Wildman–Crippen LogP) is 3.04. The third-order valence-electron chi connectivity index (χ3n) is 2.59. The molecule has 0 saturated carbocycles. The molecule has 0 aliphatic rings. The van der Waals surface area contributed by atoms with Gasteiger partial charge in [-0.15, -0.1) is 0 Å². The van der Waals surface area contributed by atoms with E-state index in [0.717, 1.165) is 19.4 Å². The van der Waals surface area contributed by atoms with Gasteiger partial charge in [-0.05, 0) is 31.5 Å². The van der Waals surface area contributed by atoms with Gasteiger partial charge in [-0.3, -0.25) is 0 Å². The fraction of sp³-hybridized carbons (Fsp3) is 0.571. The number of unbranched alkanes of at least 4 members (excludes halogenated alkanes) is 1. The van der Waals surface area contributed by atoms with E-state index in [9.17, 15) is 4.39 Å². The summed E-state index contributed by atoms with van der Waals surface area (Å²) in [5.74, 6) is 0.333. The Morgan fingerprint density at radius 3 is 2.72 bits per heavy atom. The average Bonchev–Trinajstić information content (AvgIpc) is 2.35. The molecule has 18 heavy (non-hydrogen) atoms. The molecular weight excluding hydrogens is 233 g/mol. The lowest BCUT2D eigenvalue weighted by Gasteiger charge is -2.14. The van der Waals surface area contributed by atoms with Crippen LogP contribution in [0.5, 0.6) is 5.75 Å². The van der Waals surface area contributed by atoms with Gasteiger partial charge in [0.1, 0.15) is 18.2 Å². The van der Waals surface area contributed by atoms with Crippen LogP contribution in [0.15, 0.2) is 18.2 Å². The lowest BCUT2D eigenvalue weighted by molar-refractivity contribution is 0.0976. The molecule has 4 heteroatoms. The molecule has 3 nitrogen and oxygen atoms in total. The van der Waals surface area contributed by atoms with E-state index in [1.807, 2.05) is 0 Å². The molecule has 0 aliphatic carbocycles. The fourth-order valence-electron chi connectivity index (χ4n) is 1.57. The smallest absolute Gasteiger partial charge is 0.124 e. The lowest BCUT2D eigenvalue weighted by Crippen LogP contribution is -2.12. The van der Waals surface area contributed by atoms with Crippen molar-refractivity contribution in [2.75, 3.05) is 19.8 Å². The zero-order valence-electron chi connectivity index (χ0n) is 11.1. The number of halogens is 1.